The summed E-state index contributed by atoms with van der Waals surface area (Å²) in [6, 6.07) is 1.68. The standard InChI is InChI=1S/C12H22N2O2S2/c1-5-13-7-11-6-12(8-17-11)18(15,16)14-10(4)9(2)3/h6,8-10,13-14H,5,7H2,1-4H3. The summed E-state index contributed by atoms with van der Waals surface area (Å²) >= 11 is 1.47. The van der Waals surface area contributed by atoms with Gasteiger partial charge in [0.25, 0.3) is 0 Å². The highest BCUT2D eigenvalue weighted by Crippen LogP contribution is 2.20. The predicted octanol–water partition coefficient (Wildman–Crippen LogP) is 2.18. The Morgan fingerprint density at radius 1 is 1.33 bits per heavy atom. The summed E-state index contributed by atoms with van der Waals surface area (Å²) < 4.78 is 26.9. The van der Waals surface area contributed by atoms with Crippen LogP contribution in [0.1, 0.15) is 32.6 Å². The van der Waals surface area contributed by atoms with Gasteiger partial charge in [0.05, 0.1) is 4.90 Å². The molecule has 4 nitrogen and oxygen atoms in total. The summed E-state index contributed by atoms with van der Waals surface area (Å²) in [6.45, 7) is 9.50. The smallest absolute Gasteiger partial charge is 0.241 e. The van der Waals surface area contributed by atoms with Crippen molar-refractivity contribution in [1.29, 1.82) is 0 Å². The first-order chi connectivity index (χ1) is 8.36. The predicted molar refractivity (Wildman–Crippen MR) is 76.3 cm³/mol. The first-order valence-corrected chi connectivity index (χ1v) is 8.53. The molecular weight excluding hydrogens is 268 g/mol. The van der Waals surface area contributed by atoms with Crippen molar-refractivity contribution >= 4 is 21.4 Å². The number of hydrogen-bond donors (Lipinski definition) is 2. The summed E-state index contributed by atoms with van der Waals surface area (Å²) in [7, 11) is -3.38. The second-order valence-corrected chi connectivity index (χ2v) is 7.39. The van der Waals surface area contributed by atoms with Gasteiger partial charge >= 0.3 is 0 Å². The highest BCUT2D eigenvalue weighted by molar-refractivity contribution is 7.89. The normalized spacial score (nSPS) is 14.1. The van der Waals surface area contributed by atoms with Crippen LogP contribution in [0.4, 0.5) is 0 Å². The van der Waals surface area contributed by atoms with E-state index in [0.29, 0.717) is 4.90 Å². The van der Waals surface area contributed by atoms with Gasteiger partial charge in [-0.15, -0.1) is 11.3 Å². The molecular formula is C12H22N2O2S2. The lowest BCUT2D eigenvalue weighted by atomic mass is 10.1. The van der Waals surface area contributed by atoms with Crippen molar-refractivity contribution in [2.24, 2.45) is 5.92 Å². The SMILES string of the molecule is CCNCc1cc(S(=O)(=O)NC(C)C(C)C)cs1. The molecule has 0 aliphatic heterocycles. The van der Waals surface area contributed by atoms with E-state index in [1.54, 1.807) is 11.4 Å². The van der Waals surface area contributed by atoms with Gasteiger partial charge in [0, 0.05) is 22.8 Å². The third-order valence-corrected chi connectivity index (χ3v) is 5.45. The monoisotopic (exact) mass is 290 g/mol. The van der Waals surface area contributed by atoms with Gasteiger partial charge in [0.1, 0.15) is 0 Å². The maximum absolute atomic E-state index is 12.1. The van der Waals surface area contributed by atoms with Crippen molar-refractivity contribution in [3.05, 3.63) is 16.3 Å². The van der Waals surface area contributed by atoms with Gasteiger partial charge in [-0.25, -0.2) is 13.1 Å². The molecule has 104 valence electrons. The molecule has 6 heteroatoms. The Hall–Kier alpha value is -0.430. The Labute approximate surface area is 114 Å². The van der Waals surface area contributed by atoms with Gasteiger partial charge < -0.3 is 5.32 Å². The summed E-state index contributed by atoms with van der Waals surface area (Å²) in [6.07, 6.45) is 0. The van der Waals surface area contributed by atoms with Gasteiger partial charge in [-0.3, -0.25) is 0 Å². The second kappa shape index (κ2) is 6.65. The number of hydrogen-bond acceptors (Lipinski definition) is 4. The van der Waals surface area contributed by atoms with E-state index in [0.717, 1.165) is 18.0 Å². The Morgan fingerprint density at radius 2 is 2.00 bits per heavy atom. The van der Waals surface area contributed by atoms with Crippen molar-refractivity contribution in [2.45, 2.75) is 45.2 Å². The molecule has 0 amide bonds. The molecule has 0 aromatic carbocycles. The van der Waals surface area contributed by atoms with Crippen molar-refractivity contribution in [2.75, 3.05) is 6.54 Å². The fourth-order valence-electron chi connectivity index (χ4n) is 1.29. The first kappa shape index (κ1) is 15.6. The van der Waals surface area contributed by atoms with Crippen molar-refractivity contribution in [1.82, 2.24) is 10.0 Å². The van der Waals surface area contributed by atoms with Crippen LogP contribution in [0.25, 0.3) is 0 Å². The molecule has 1 aromatic rings. The number of thiophene rings is 1. The van der Waals surface area contributed by atoms with Crippen LogP contribution in [0, 0.1) is 5.92 Å². The fraction of sp³-hybridized carbons (Fsp3) is 0.667. The maximum atomic E-state index is 12.1. The third-order valence-electron chi connectivity index (χ3n) is 2.83. The largest absolute Gasteiger partial charge is 0.312 e. The van der Waals surface area contributed by atoms with Crippen molar-refractivity contribution < 1.29 is 8.42 Å². The maximum Gasteiger partial charge on any atom is 0.241 e. The molecule has 18 heavy (non-hydrogen) atoms. The average Bonchev–Trinajstić information content (AvgIpc) is 2.74. The van der Waals surface area contributed by atoms with Crippen LogP contribution < -0.4 is 10.0 Å². The lowest BCUT2D eigenvalue weighted by Gasteiger charge is -2.16. The summed E-state index contributed by atoms with van der Waals surface area (Å²) in [4.78, 5) is 1.40. The van der Waals surface area contributed by atoms with Crippen LogP contribution in [0.5, 0.6) is 0 Å². The zero-order chi connectivity index (χ0) is 13.8. The highest BCUT2D eigenvalue weighted by atomic mass is 32.2. The van der Waals surface area contributed by atoms with Gasteiger partial charge in [0.15, 0.2) is 0 Å². The van der Waals surface area contributed by atoms with Gasteiger partial charge in [-0.05, 0) is 25.5 Å². The van der Waals surface area contributed by atoms with Crippen molar-refractivity contribution in [3.63, 3.8) is 0 Å². The molecule has 0 aliphatic carbocycles. The summed E-state index contributed by atoms with van der Waals surface area (Å²) in [5.74, 6) is 0.277. The first-order valence-electron chi connectivity index (χ1n) is 6.17. The van der Waals surface area contributed by atoms with E-state index in [1.165, 1.54) is 11.3 Å². The number of sulfonamides is 1. The second-order valence-electron chi connectivity index (χ2n) is 4.68. The minimum absolute atomic E-state index is 0.0629. The van der Waals surface area contributed by atoms with E-state index in [4.69, 9.17) is 0 Å². The molecule has 0 saturated heterocycles. The third kappa shape index (κ3) is 4.35. The molecule has 0 aliphatic rings. The van der Waals surface area contributed by atoms with Crippen LogP contribution >= 0.6 is 11.3 Å². The Morgan fingerprint density at radius 3 is 2.56 bits per heavy atom. The fourth-order valence-corrected chi connectivity index (χ4v) is 3.93. The van der Waals surface area contributed by atoms with Crippen LogP contribution in [0.2, 0.25) is 0 Å². The Kier molecular flexibility index (Phi) is 5.78. The van der Waals surface area contributed by atoms with Gasteiger partial charge in [-0.2, -0.15) is 0 Å². The van der Waals surface area contributed by atoms with E-state index in [2.05, 4.69) is 10.0 Å². The van der Waals surface area contributed by atoms with E-state index in [1.807, 2.05) is 27.7 Å². The molecule has 0 bridgehead atoms. The topological polar surface area (TPSA) is 58.2 Å². The number of rotatable bonds is 7. The summed E-state index contributed by atoms with van der Waals surface area (Å²) in [5.41, 5.74) is 0. The minimum Gasteiger partial charge on any atom is -0.312 e. The van der Waals surface area contributed by atoms with Crippen molar-refractivity contribution in [3.8, 4) is 0 Å². The molecule has 2 N–H and O–H groups in total. The highest BCUT2D eigenvalue weighted by Gasteiger charge is 2.20. The van der Waals surface area contributed by atoms with Crippen LogP contribution in [-0.2, 0) is 16.6 Å². The molecule has 0 saturated carbocycles. The molecule has 0 fully saturated rings. The molecule has 0 spiro atoms. The molecule has 1 unspecified atom stereocenters. The molecule has 1 atom stereocenters. The number of nitrogens with one attached hydrogen (secondary N) is 2. The zero-order valence-electron chi connectivity index (χ0n) is 11.4. The van der Waals surface area contributed by atoms with Crippen LogP contribution in [-0.4, -0.2) is 21.0 Å². The Bertz CT molecular complexity index is 466. The van der Waals surface area contributed by atoms with E-state index < -0.39 is 10.0 Å². The van der Waals surface area contributed by atoms with Crippen LogP contribution in [0.3, 0.4) is 0 Å². The van der Waals surface area contributed by atoms with Gasteiger partial charge in [0.2, 0.25) is 10.0 Å². The van der Waals surface area contributed by atoms with Crippen LogP contribution in [0.15, 0.2) is 16.3 Å². The molecule has 1 rings (SSSR count). The lowest BCUT2D eigenvalue weighted by Crippen LogP contribution is -2.35. The van der Waals surface area contributed by atoms with Gasteiger partial charge in [-0.1, -0.05) is 20.8 Å². The molecule has 1 heterocycles. The quantitative estimate of drug-likeness (QED) is 0.809. The summed E-state index contributed by atoms with van der Waals surface area (Å²) in [5, 5.41) is 4.88. The Balaban J connectivity index is 2.76. The molecule has 0 radical (unpaired) electrons. The minimum atomic E-state index is -3.38. The van der Waals surface area contributed by atoms with E-state index >= 15 is 0 Å². The van der Waals surface area contributed by atoms with E-state index in [9.17, 15) is 8.42 Å². The average molecular weight is 290 g/mol. The van der Waals surface area contributed by atoms with E-state index in [-0.39, 0.29) is 12.0 Å². The molecule has 1 aromatic heterocycles. The lowest BCUT2D eigenvalue weighted by molar-refractivity contribution is 0.476. The zero-order valence-corrected chi connectivity index (χ0v) is 13.0.